The molecule has 30 heavy (non-hydrogen) atoms. The van der Waals surface area contributed by atoms with Crippen LogP contribution in [0, 0.1) is 0 Å². The second kappa shape index (κ2) is 7.74. The highest BCUT2D eigenvalue weighted by Gasteiger charge is 2.30. The topological polar surface area (TPSA) is 93.3 Å². The summed E-state index contributed by atoms with van der Waals surface area (Å²) in [7, 11) is 3.65. The van der Waals surface area contributed by atoms with Gasteiger partial charge < -0.3 is 20.0 Å². The third-order valence-corrected chi connectivity index (χ3v) is 5.45. The Bertz CT molecular complexity index is 1100. The van der Waals surface area contributed by atoms with Gasteiger partial charge in [-0.15, -0.1) is 0 Å². The number of hydrogen-bond acceptors (Lipinski definition) is 6. The molecule has 2 aliphatic rings. The highest BCUT2D eigenvalue weighted by Crippen LogP contribution is 2.45. The van der Waals surface area contributed by atoms with Crippen molar-refractivity contribution in [1.29, 1.82) is 0 Å². The number of hydrogen-bond donors (Lipinski definition) is 0. The molecular weight excluding hydrogens is 382 g/mol. The van der Waals surface area contributed by atoms with Crippen LogP contribution in [0.2, 0.25) is 0 Å². The lowest BCUT2D eigenvalue weighted by molar-refractivity contribution is 0.0766. The van der Waals surface area contributed by atoms with Gasteiger partial charge in [0.25, 0.3) is 5.91 Å². The third kappa shape index (κ3) is 3.06. The lowest BCUT2D eigenvalue weighted by Crippen LogP contribution is -2.31. The van der Waals surface area contributed by atoms with Crippen molar-refractivity contribution in [2.75, 3.05) is 30.7 Å². The average molecular weight is 405 g/mol. The molecule has 2 aliphatic heterocycles. The van der Waals surface area contributed by atoms with E-state index in [2.05, 4.69) is 28.2 Å². The first-order valence-electron chi connectivity index (χ1n) is 9.48. The molecule has 0 radical (unpaired) electrons. The summed E-state index contributed by atoms with van der Waals surface area (Å²) in [4.78, 5) is 27.7. The van der Waals surface area contributed by atoms with Gasteiger partial charge in [-0.2, -0.15) is 0 Å². The van der Waals surface area contributed by atoms with Crippen LogP contribution in [-0.4, -0.2) is 47.1 Å². The van der Waals surface area contributed by atoms with E-state index in [1.54, 1.807) is 19.5 Å². The molecule has 0 saturated carbocycles. The van der Waals surface area contributed by atoms with Crippen molar-refractivity contribution < 1.29 is 15.0 Å². The standard InChI is InChI=1S/C22H21N5O2.H2O/c1-25-18-8-7-15(12-26-13-16-5-3-4-6-17(16)22(26)28)11-19(18)27(14-29-2)21-20(25)23-9-10-24-21;/h3-11H,12-14H2,1-2H3;1H2. The number of methoxy groups -OCH3 is 1. The Morgan fingerprint density at radius 2 is 1.80 bits per heavy atom. The second-order valence-electron chi connectivity index (χ2n) is 7.25. The Balaban J connectivity index is 0.00000218. The molecule has 8 heteroatoms. The largest absolute Gasteiger partial charge is 0.412 e. The van der Waals surface area contributed by atoms with Gasteiger partial charge in [0.1, 0.15) is 6.73 Å². The van der Waals surface area contributed by atoms with Gasteiger partial charge in [0, 0.05) is 45.2 Å². The number of anilines is 4. The first-order valence-corrected chi connectivity index (χ1v) is 9.48. The van der Waals surface area contributed by atoms with Gasteiger partial charge in [0.05, 0.1) is 11.4 Å². The number of ether oxygens (including phenoxy) is 1. The van der Waals surface area contributed by atoms with E-state index in [0.29, 0.717) is 19.8 Å². The van der Waals surface area contributed by atoms with Gasteiger partial charge in [0.15, 0.2) is 11.6 Å². The number of nitrogens with zero attached hydrogens (tertiary/aromatic N) is 5. The molecule has 5 rings (SSSR count). The Morgan fingerprint density at radius 1 is 1.03 bits per heavy atom. The number of carbonyl (C=O) groups excluding carboxylic acids is 1. The van der Waals surface area contributed by atoms with Crippen LogP contribution < -0.4 is 9.80 Å². The molecule has 0 fully saturated rings. The molecule has 2 N–H and O–H groups in total. The summed E-state index contributed by atoms with van der Waals surface area (Å²) in [6.07, 6.45) is 3.38. The summed E-state index contributed by atoms with van der Waals surface area (Å²) < 4.78 is 5.44. The summed E-state index contributed by atoms with van der Waals surface area (Å²) in [6, 6.07) is 14.1. The van der Waals surface area contributed by atoms with Gasteiger partial charge in [0.2, 0.25) is 0 Å². The fourth-order valence-electron chi connectivity index (χ4n) is 4.07. The lowest BCUT2D eigenvalue weighted by atomic mass is 10.1. The van der Waals surface area contributed by atoms with Crippen molar-refractivity contribution in [3.8, 4) is 0 Å². The Labute approximate surface area is 174 Å². The van der Waals surface area contributed by atoms with Crippen LogP contribution in [0.15, 0.2) is 54.9 Å². The van der Waals surface area contributed by atoms with E-state index in [1.165, 1.54) is 0 Å². The normalized spacial score (nSPS) is 14.2. The van der Waals surface area contributed by atoms with Crippen LogP contribution >= 0.6 is 0 Å². The molecule has 3 aromatic rings. The van der Waals surface area contributed by atoms with E-state index in [4.69, 9.17) is 4.74 Å². The van der Waals surface area contributed by atoms with E-state index in [-0.39, 0.29) is 11.4 Å². The molecule has 154 valence electrons. The zero-order valence-corrected chi connectivity index (χ0v) is 16.9. The van der Waals surface area contributed by atoms with E-state index in [0.717, 1.165) is 39.7 Å². The number of amides is 1. The SMILES string of the molecule is COCN1c2cc(CN3Cc4ccccc4C3=O)ccc2N(C)c2nccnc21.O. The van der Waals surface area contributed by atoms with Gasteiger partial charge in [-0.05, 0) is 29.3 Å². The molecule has 8 nitrogen and oxygen atoms in total. The van der Waals surface area contributed by atoms with Gasteiger partial charge in [-0.3, -0.25) is 9.69 Å². The fraction of sp³-hybridized carbons (Fsp3) is 0.227. The molecule has 3 heterocycles. The molecule has 2 aromatic carbocycles. The number of fused-ring (bicyclic) bond motifs is 3. The van der Waals surface area contributed by atoms with Gasteiger partial charge >= 0.3 is 0 Å². The Morgan fingerprint density at radius 3 is 2.57 bits per heavy atom. The molecule has 0 saturated heterocycles. The van der Waals surface area contributed by atoms with E-state index in [9.17, 15) is 4.79 Å². The first kappa shape index (κ1) is 19.8. The number of aromatic nitrogens is 2. The maximum atomic E-state index is 12.7. The predicted octanol–water partition coefficient (Wildman–Crippen LogP) is 2.63. The molecule has 0 spiro atoms. The maximum Gasteiger partial charge on any atom is 0.254 e. The molecule has 0 aliphatic carbocycles. The highest BCUT2D eigenvalue weighted by molar-refractivity contribution is 5.98. The minimum absolute atomic E-state index is 0. The second-order valence-corrected chi connectivity index (χ2v) is 7.25. The predicted molar refractivity (Wildman–Crippen MR) is 114 cm³/mol. The third-order valence-electron chi connectivity index (χ3n) is 5.45. The highest BCUT2D eigenvalue weighted by atomic mass is 16.5. The molecule has 1 amide bonds. The van der Waals surface area contributed by atoms with Crippen molar-refractivity contribution in [2.24, 2.45) is 0 Å². The van der Waals surface area contributed by atoms with Crippen LogP contribution in [-0.2, 0) is 17.8 Å². The summed E-state index contributed by atoms with van der Waals surface area (Å²) in [5.74, 6) is 1.63. The van der Waals surface area contributed by atoms with Crippen LogP contribution in [0.3, 0.4) is 0 Å². The van der Waals surface area contributed by atoms with Gasteiger partial charge in [-0.1, -0.05) is 24.3 Å². The smallest absolute Gasteiger partial charge is 0.254 e. The van der Waals surface area contributed by atoms with Crippen LogP contribution in [0.25, 0.3) is 0 Å². The van der Waals surface area contributed by atoms with Crippen molar-refractivity contribution in [1.82, 2.24) is 14.9 Å². The molecule has 1 aromatic heterocycles. The van der Waals surface area contributed by atoms with E-state index < -0.39 is 0 Å². The number of rotatable bonds is 4. The number of carbonyl (C=O) groups is 1. The fourth-order valence-corrected chi connectivity index (χ4v) is 4.07. The summed E-state index contributed by atoms with van der Waals surface area (Å²) in [5, 5.41) is 0. The Kier molecular flexibility index (Phi) is 5.11. The maximum absolute atomic E-state index is 12.7. The summed E-state index contributed by atoms with van der Waals surface area (Å²) in [6.45, 7) is 1.56. The van der Waals surface area contributed by atoms with Gasteiger partial charge in [-0.25, -0.2) is 9.97 Å². The number of benzene rings is 2. The summed E-state index contributed by atoms with van der Waals surface area (Å²) >= 11 is 0. The molecular formula is C22H23N5O3. The van der Waals surface area contributed by atoms with Crippen molar-refractivity contribution in [3.05, 3.63) is 71.5 Å². The average Bonchev–Trinajstić information content (AvgIpc) is 3.06. The Hall–Kier alpha value is -3.49. The van der Waals surface area contributed by atoms with Crippen LogP contribution in [0.4, 0.5) is 23.0 Å². The monoisotopic (exact) mass is 405 g/mol. The molecule has 0 atom stereocenters. The molecule has 0 unspecified atom stereocenters. The zero-order chi connectivity index (χ0) is 20.0. The van der Waals surface area contributed by atoms with Crippen molar-refractivity contribution in [2.45, 2.75) is 13.1 Å². The molecule has 0 bridgehead atoms. The van der Waals surface area contributed by atoms with Crippen molar-refractivity contribution >= 4 is 28.9 Å². The van der Waals surface area contributed by atoms with Crippen molar-refractivity contribution in [3.63, 3.8) is 0 Å². The zero-order valence-electron chi connectivity index (χ0n) is 16.9. The minimum Gasteiger partial charge on any atom is -0.412 e. The van der Waals surface area contributed by atoms with Crippen LogP contribution in [0.1, 0.15) is 21.5 Å². The first-order chi connectivity index (χ1) is 14.2. The minimum atomic E-state index is 0. The van der Waals surface area contributed by atoms with E-state index >= 15 is 0 Å². The quantitative estimate of drug-likeness (QED) is 0.662. The summed E-state index contributed by atoms with van der Waals surface area (Å²) in [5.41, 5.74) is 4.96. The lowest BCUT2D eigenvalue weighted by Gasteiger charge is -2.36. The van der Waals surface area contributed by atoms with Crippen LogP contribution in [0.5, 0.6) is 0 Å². The van der Waals surface area contributed by atoms with E-state index in [1.807, 2.05) is 46.0 Å².